The van der Waals surface area contributed by atoms with Crippen LogP contribution >= 0.6 is 11.3 Å². The molecule has 0 unspecified atom stereocenters. The molecular weight excluding hydrogens is 388 g/mol. The Morgan fingerprint density at radius 3 is 2.79 bits per heavy atom. The lowest BCUT2D eigenvalue weighted by molar-refractivity contribution is -0.110. The molecule has 2 aliphatic rings. The zero-order valence-corrected chi connectivity index (χ0v) is 16.3. The zero-order valence-electron chi connectivity index (χ0n) is 15.5. The van der Waals surface area contributed by atoms with Gasteiger partial charge in [0.1, 0.15) is 17.9 Å². The first-order valence-corrected chi connectivity index (χ1v) is 9.90. The fraction of sp³-hybridized carbons (Fsp3) is 0.143. The van der Waals surface area contributed by atoms with Crippen molar-refractivity contribution in [1.82, 2.24) is 4.57 Å². The normalized spacial score (nSPS) is 16.7. The molecule has 0 aliphatic carbocycles. The third-order valence-corrected chi connectivity index (χ3v) is 6.18. The largest absolute Gasteiger partial charge is 0.334 e. The second-order valence-corrected chi connectivity index (χ2v) is 7.89. The first-order valence-electron chi connectivity index (χ1n) is 9.08. The standard InChI is InChI=1S/C21H16N4O3S/c1-12(26)13-5-4-6-14(9-13)24-10-22-21-25(11-24)20(28)18(29-21)17-15-7-2-3-8-16(15)23-19(17)27/h2-9H,10-11H2,1H3,(H,23,27). The number of para-hydroxylation sites is 1. The highest BCUT2D eigenvalue weighted by Gasteiger charge is 2.27. The van der Waals surface area contributed by atoms with Gasteiger partial charge in [0.05, 0.1) is 5.57 Å². The van der Waals surface area contributed by atoms with Crippen LogP contribution in [0.1, 0.15) is 22.8 Å². The number of aromatic nitrogens is 1. The van der Waals surface area contributed by atoms with Crippen molar-refractivity contribution in [3.8, 4) is 0 Å². The van der Waals surface area contributed by atoms with E-state index in [9.17, 15) is 14.4 Å². The average Bonchev–Trinajstić information content (AvgIpc) is 3.23. The second kappa shape index (κ2) is 6.52. The van der Waals surface area contributed by atoms with Crippen LogP contribution in [0.5, 0.6) is 0 Å². The van der Waals surface area contributed by atoms with E-state index in [1.807, 2.05) is 41.3 Å². The van der Waals surface area contributed by atoms with Crippen LogP contribution in [0, 0.1) is 0 Å². The third kappa shape index (κ3) is 2.80. The summed E-state index contributed by atoms with van der Waals surface area (Å²) in [7, 11) is 0. The number of ketones is 1. The molecule has 5 rings (SSSR count). The maximum atomic E-state index is 13.1. The molecule has 3 heterocycles. The smallest absolute Gasteiger partial charge is 0.272 e. The Bertz CT molecular complexity index is 1370. The molecule has 0 atom stereocenters. The SMILES string of the molecule is CC(=O)c1cccc(N2CN=c3sc(=C4C(=O)Nc5ccccc54)c(=O)n3C2)c1. The predicted molar refractivity (Wildman–Crippen MR) is 111 cm³/mol. The molecule has 0 bridgehead atoms. The summed E-state index contributed by atoms with van der Waals surface area (Å²) in [5, 5.41) is 2.81. The van der Waals surface area contributed by atoms with Crippen molar-refractivity contribution < 1.29 is 9.59 Å². The summed E-state index contributed by atoms with van der Waals surface area (Å²) >= 11 is 1.24. The van der Waals surface area contributed by atoms with Crippen molar-refractivity contribution in [3.63, 3.8) is 0 Å². The van der Waals surface area contributed by atoms with Gasteiger partial charge in [0.25, 0.3) is 11.5 Å². The van der Waals surface area contributed by atoms with Crippen LogP contribution in [0.3, 0.4) is 0 Å². The molecule has 1 N–H and O–H groups in total. The Balaban J connectivity index is 1.61. The van der Waals surface area contributed by atoms with E-state index in [1.54, 1.807) is 16.7 Å². The van der Waals surface area contributed by atoms with Crippen molar-refractivity contribution in [2.24, 2.45) is 4.99 Å². The van der Waals surface area contributed by atoms with Gasteiger partial charge in [0.2, 0.25) is 0 Å². The van der Waals surface area contributed by atoms with Gasteiger partial charge in [-0.25, -0.2) is 4.99 Å². The van der Waals surface area contributed by atoms with Crippen LogP contribution in [-0.2, 0) is 11.5 Å². The molecule has 2 aromatic carbocycles. The molecule has 0 radical (unpaired) electrons. The number of rotatable bonds is 2. The minimum atomic E-state index is -0.270. The maximum absolute atomic E-state index is 13.1. The van der Waals surface area contributed by atoms with E-state index in [0.717, 1.165) is 11.3 Å². The molecule has 0 fully saturated rings. The van der Waals surface area contributed by atoms with Gasteiger partial charge in [0.15, 0.2) is 10.6 Å². The number of hydrogen-bond donors (Lipinski definition) is 1. The lowest BCUT2D eigenvalue weighted by atomic mass is 10.1. The molecule has 144 valence electrons. The highest BCUT2D eigenvalue weighted by Crippen LogP contribution is 2.29. The minimum absolute atomic E-state index is 0.0150. The molecule has 0 saturated heterocycles. The molecule has 1 aromatic heterocycles. The fourth-order valence-electron chi connectivity index (χ4n) is 3.59. The number of carbonyl (C=O) groups excluding carboxylic acids is 2. The second-order valence-electron chi connectivity index (χ2n) is 6.91. The summed E-state index contributed by atoms with van der Waals surface area (Å²) in [5.74, 6) is -0.285. The number of nitrogens with zero attached hydrogens (tertiary/aromatic N) is 3. The summed E-state index contributed by atoms with van der Waals surface area (Å²) in [6, 6.07) is 14.6. The van der Waals surface area contributed by atoms with Gasteiger partial charge < -0.3 is 10.2 Å². The molecule has 29 heavy (non-hydrogen) atoms. The van der Waals surface area contributed by atoms with Crippen molar-refractivity contribution in [3.05, 3.63) is 79.3 Å². The topological polar surface area (TPSA) is 83.8 Å². The molecule has 1 amide bonds. The Morgan fingerprint density at radius 1 is 1.14 bits per heavy atom. The number of anilines is 2. The average molecular weight is 404 g/mol. The molecule has 7 nitrogen and oxygen atoms in total. The van der Waals surface area contributed by atoms with Crippen molar-refractivity contribution in [2.75, 3.05) is 16.9 Å². The summed E-state index contributed by atoms with van der Waals surface area (Å²) < 4.78 is 1.97. The summed E-state index contributed by atoms with van der Waals surface area (Å²) in [6.07, 6.45) is 0. The Morgan fingerprint density at radius 2 is 1.97 bits per heavy atom. The van der Waals surface area contributed by atoms with Crippen LogP contribution in [0.25, 0.3) is 5.57 Å². The van der Waals surface area contributed by atoms with Crippen molar-refractivity contribution in [2.45, 2.75) is 13.6 Å². The number of carbonyl (C=O) groups is 2. The van der Waals surface area contributed by atoms with Gasteiger partial charge in [-0.1, -0.05) is 41.7 Å². The number of thiazole rings is 1. The molecule has 0 spiro atoms. The Hall–Kier alpha value is -3.52. The van der Waals surface area contributed by atoms with Crippen molar-refractivity contribution in [1.29, 1.82) is 0 Å². The first-order chi connectivity index (χ1) is 14.0. The highest BCUT2D eigenvalue weighted by atomic mass is 32.1. The van der Waals surface area contributed by atoms with E-state index in [1.165, 1.54) is 18.3 Å². The number of nitrogens with one attached hydrogen (secondary N) is 1. The van der Waals surface area contributed by atoms with E-state index < -0.39 is 0 Å². The van der Waals surface area contributed by atoms with E-state index in [2.05, 4.69) is 10.3 Å². The van der Waals surface area contributed by atoms with E-state index in [4.69, 9.17) is 0 Å². The molecule has 0 saturated carbocycles. The van der Waals surface area contributed by atoms with Crippen LogP contribution in [0.15, 0.2) is 58.3 Å². The summed E-state index contributed by atoms with van der Waals surface area (Å²) in [4.78, 5) is 44.4. The van der Waals surface area contributed by atoms with E-state index in [0.29, 0.717) is 39.5 Å². The Labute approximate surface area is 169 Å². The monoisotopic (exact) mass is 404 g/mol. The van der Waals surface area contributed by atoms with Gasteiger partial charge in [-0.15, -0.1) is 0 Å². The highest BCUT2D eigenvalue weighted by molar-refractivity contribution is 7.07. The first kappa shape index (κ1) is 17.6. The van der Waals surface area contributed by atoms with Crippen molar-refractivity contribution >= 4 is 40.0 Å². The number of Topliss-reactive ketones (excluding diaryl/α,β-unsaturated/α-hetero) is 1. The van der Waals surface area contributed by atoms with Gasteiger partial charge in [-0.05, 0) is 25.1 Å². The molecule has 8 heteroatoms. The summed E-state index contributed by atoms with van der Waals surface area (Å²) in [6.45, 7) is 2.21. The lowest BCUT2D eigenvalue weighted by Gasteiger charge is -2.25. The maximum Gasteiger partial charge on any atom is 0.272 e. The summed E-state index contributed by atoms with van der Waals surface area (Å²) in [5.41, 5.74) is 3.05. The van der Waals surface area contributed by atoms with Crippen LogP contribution in [-0.4, -0.2) is 22.9 Å². The fourth-order valence-corrected chi connectivity index (χ4v) is 4.65. The molecule has 2 aliphatic heterocycles. The number of benzene rings is 2. The van der Waals surface area contributed by atoms with Gasteiger partial charge >= 0.3 is 0 Å². The number of hydrogen-bond acceptors (Lipinski definition) is 6. The lowest BCUT2D eigenvalue weighted by Crippen LogP contribution is -2.43. The Kier molecular flexibility index (Phi) is 3.95. The van der Waals surface area contributed by atoms with Crippen LogP contribution in [0.2, 0.25) is 0 Å². The molecular formula is C21H16N4O3S. The van der Waals surface area contributed by atoms with Crippen LogP contribution < -0.4 is 25.1 Å². The predicted octanol–water partition coefficient (Wildman–Crippen LogP) is 1.32. The van der Waals surface area contributed by atoms with Crippen LogP contribution in [0.4, 0.5) is 11.4 Å². The number of amides is 1. The van der Waals surface area contributed by atoms with Gasteiger partial charge in [-0.3, -0.25) is 19.0 Å². The third-order valence-electron chi connectivity index (χ3n) is 5.07. The van der Waals surface area contributed by atoms with E-state index >= 15 is 0 Å². The van der Waals surface area contributed by atoms with Gasteiger partial charge in [0, 0.05) is 22.5 Å². The molecule has 3 aromatic rings. The number of fused-ring (bicyclic) bond motifs is 2. The quantitative estimate of drug-likeness (QED) is 0.653. The van der Waals surface area contributed by atoms with E-state index in [-0.39, 0.29) is 17.2 Å². The van der Waals surface area contributed by atoms with Gasteiger partial charge in [-0.2, -0.15) is 0 Å². The zero-order chi connectivity index (χ0) is 20.1. The minimum Gasteiger partial charge on any atom is -0.334 e.